The second-order valence-corrected chi connectivity index (χ2v) is 5.52. The van der Waals surface area contributed by atoms with E-state index in [1.165, 1.54) is 0 Å². The summed E-state index contributed by atoms with van der Waals surface area (Å²) in [6, 6.07) is 7.68. The van der Waals surface area contributed by atoms with Crippen LogP contribution in [0.3, 0.4) is 0 Å². The van der Waals surface area contributed by atoms with Crippen LogP contribution < -0.4 is 10.6 Å². The van der Waals surface area contributed by atoms with Crippen molar-refractivity contribution in [1.82, 2.24) is 15.5 Å². The molecular formula is C16H24ClN3O2. The number of hydrogen-bond donors (Lipinski definition) is 2. The van der Waals surface area contributed by atoms with Crippen molar-refractivity contribution in [3.63, 3.8) is 0 Å². The van der Waals surface area contributed by atoms with Gasteiger partial charge in [-0.15, -0.1) is 12.4 Å². The number of nitrogens with zero attached hydrogens (tertiary/aromatic N) is 1. The first kappa shape index (κ1) is 18.5. The lowest BCUT2D eigenvalue weighted by atomic mass is 10.1. The van der Waals surface area contributed by atoms with Crippen LogP contribution in [0.5, 0.6) is 0 Å². The fourth-order valence-electron chi connectivity index (χ4n) is 2.57. The molecule has 6 heteroatoms. The number of hydrogen-bond acceptors (Lipinski definition) is 3. The smallest absolute Gasteiger partial charge is 0.251 e. The Morgan fingerprint density at radius 2 is 2.00 bits per heavy atom. The maximum absolute atomic E-state index is 12.1. The molecule has 0 saturated carbocycles. The molecule has 5 nitrogen and oxygen atoms in total. The van der Waals surface area contributed by atoms with E-state index in [-0.39, 0.29) is 24.2 Å². The highest BCUT2D eigenvalue weighted by Crippen LogP contribution is 2.12. The van der Waals surface area contributed by atoms with E-state index >= 15 is 0 Å². The lowest BCUT2D eigenvalue weighted by molar-refractivity contribution is -0.130. The van der Waals surface area contributed by atoms with Crippen molar-refractivity contribution in [3.05, 3.63) is 35.4 Å². The minimum atomic E-state index is -0.0988. The molecule has 2 N–H and O–H groups in total. The molecular weight excluding hydrogens is 302 g/mol. The molecule has 0 radical (unpaired) electrons. The van der Waals surface area contributed by atoms with Crippen LogP contribution in [0.25, 0.3) is 0 Å². The molecule has 0 aromatic heterocycles. The van der Waals surface area contributed by atoms with E-state index in [1.807, 2.05) is 19.2 Å². The number of benzene rings is 1. The number of nitrogens with one attached hydrogen (secondary N) is 2. The Bertz CT molecular complexity index is 499. The Hall–Kier alpha value is -1.59. The summed E-state index contributed by atoms with van der Waals surface area (Å²) in [4.78, 5) is 25.4. The first-order chi connectivity index (χ1) is 10.1. The van der Waals surface area contributed by atoms with Gasteiger partial charge in [0.05, 0.1) is 0 Å². The van der Waals surface area contributed by atoms with Gasteiger partial charge in [-0.25, -0.2) is 0 Å². The van der Waals surface area contributed by atoms with Crippen molar-refractivity contribution in [2.45, 2.75) is 31.8 Å². The number of rotatable bonds is 5. The first-order valence-electron chi connectivity index (χ1n) is 7.38. The quantitative estimate of drug-likeness (QED) is 0.864. The molecule has 22 heavy (non-hydrogen) atoms. The Kier molecular flexibility index (Phi) is 7.35. The number of carbonyl (C=O) groups excluding carboxylic acids is 2. The highest BCUT2D eigenvalue weighted by atomic mass is 35.5. The molecule has 1 fully saturated rings. The van der Waals surface area contributed by atoms with Crippen molar-refractivity contribution >= 4 is 24.2 Å². The summed E-state index contributed by atoms with van der Waals surface area (Å²) in [6.45, 7) is 1.59. The third-order valence-electron chi connectivity index (χ3n) is 3.87. The van der Waals surface area contributed by atoms with Crippen molar-refractivity contribution in [2.75, 3.05) is 20.6 Å². The van der Waals surface area contributed by atoms with Crippen LogP contribution in [0.2, 0.25) is 0 Å². The van der Waals surface area contributed by atoms with Crippen molar-refractivity contribution in [1.29, 1.82) is 0 Å². The van der Waals surface area contributed by atoms with Crippen LogP contribution in [0.15, 0.2) is 24.3 Å². The highest BCUT2D eigenvalue weighted by Gasteiger charge is 2.19. The minimum absolute atomic E-state index is 0. The summed E-state index contributed by atoms with van der Waals surface area (Å²) in [5, 5.41) is 5.93. The average molecular weight is 326 g/mol. The van der Waals surface area contributed by atoms with Gasteiger partial charge in [0, 0.05) is 38.7 Å². The molecule has 122 valence electrons. The molecule has 2 rings (SSSR count). The van der Waals surface area contributed by atoms with Gasteiger partial charge in [0.15, 0.2) is 0 Å². The zero-order chi connectivity index (χ0) is 15.2. The summed E-state index contributed by atoms with van der Waals surface area (Å²) < 4.78 is 0. The molecule has 0 bridgehead atoms. The third kappa shape index (κ3) is 5.00. The first-order valence-corrected chi connectivity index (χ1v) is 7.38. The Balaban J connectivity index is 0.00000242. The van der Waals surface area contributed by atoms with Crippen molar-refractivity contribution in [2.24, 2.45) is 0 Å². The lowest BCUT2D eigenvalue weighted by Gasteiger charge is -2.19. The molecule has 1 heterocycles. The van der Waals surface area contributed by atoms with E-state index in [1.54, 1.807) is 24.1 Å². The summed E-state index contributed by atoms with van der Waals surface area (Å²) in [5.74, 6) is 0.0584. The molecule has 2 amide bonds. The van der Waals surface area contributed by atoms with Gasteiger partial charge in [-0.05, 0) is 37.1 Å². The molecule has 1 aromatic rings. The van der Waals surface area contributed by atoms with Crippen LogP contribution in [0.1, 0.15) is 35.2 Å². The van der Waals surface area contributed by atoms with Gasteiger partial charge in [-0.2, -0.15) is 0 Å². The largest absolute Gasteiger partial charge is 0.355 e. The van der Waals surface area contributed by atoms with E-state index in [2.05, 4.69) is 10.6 Å². The summed E-state index contributed by atoms with van der Waals surface area (Å²) in [5.41, 5.74) is 1.66. The third-order valence-corrected chi connectivity index (χ3v) is 3.87. The van der Waals surface area contributed by atoms with Crippen LogP contribution >= 0.6 is 12.4 Å². The normalized spacial score (nSPS) is 16.7. The minimum Gasteiger partial charge on any atom is -0.355 e. The van der Waals surface area contributed by atoms with E-state index in [9.17, 15) is 9.59 Å². The van der Waals surface area contributed by atoms with Crippen molar-refractivity contribution < 1.29 is 9.59 Å². The monoisotopic (exact) mass is 325 g/mol. The molecule has 1 unspecified atom stereocenters. The van der Waals surface area contributed by atoms with Gasteiger partial charge in [-0.1, -0.05) is 12.1 Å². The van der Waals surface area contributed by atoms with Gasteiger partial charge < -0.3 is 15.5 Å². The molecule has 0 aliphatic carbocycles. The predicted molar refractivity (Wildman–Crippen MR) is 89.2 cm³/mol. The second kappa shape index (κ2) is 8.76. The Labute approximate surface area is 137 Å². The van der Waals surface area contributed by atoms with Crippen LogP contribution in [-0.4, -0.2) is 43.4 Å². The van der Waals surface area contributed by atoms with Gasteiger partial charge in [0.1, 0.15) is 0 Å². The zero-order valence-electron chi connectivity index (χ0n) is 13.1. The molecule has 0 spiro atoms. The van der Waals surface area contributed by atoms with E-state index in [4.69, 9.17) is 0 Å². The van der Waals surface area contributed by atoms with Crippen molar-refractivity contribution in [3.8, 4) is 0 Å². The number of halogens is 1. The average Bonchev–Trinajstić information content (AvgIpc) is 3.00. The van der Waals surface area contributed by atoms with Crippen LogP contribution in [0.4, 0.5) is 0 Å². The summed E-state index contributed by atoms with van der Waals surface area (Å²) >= 11 is 0. The molecule has 1 aliphatic heterocycles. The molecule has 1 atom stereocenters. The maximum Gasteiger partial charge on any atom is 0.251 e. The number of amides is 2. The number of carbonyl (C=O) groups is 2. The van der Waals surface area contributed by atoms with Gasteiger partial charge >= 0.3 is 0 Å². The van der Waals surface area contributed by atoms with Gasteiger partial charge in [-0.3, -0.25) is 9.59 Å². The zero-order valence-corrected chi connectivity index (χ0v) is 13.9. The van der Waals surface area contributed by atoms with Crippen LogP contribution in [-0.2, 0) is 11.3 Å². The van der Waals surface area contributed by atoms with E-state index < -0.39 is 0 Å². The standard InChI is InChI=1S/C16H23N3O2.ClH/c1-17-16(21)13-7-5-12(6-8-13)11-19(2)15(20)10-14-4-3-9-18-14;/h5-8,14,18H,3-4,9-11H2,1-2H3,(H,17,21);1H. The maximum atomic E-state index is 12.1. The Morgan fingerprint density at radius 3 is 2.55 bits per heavy atom. The van der Waals surface area contributed by atoms with E-state index in [0.29, 0.717) is 24.6 Å². The summed E-state index contributed by atoms with van der Waals surface area (Å²) in [7, 11) is 3.43. The highest BCUT2D eigenvalue weighted by molar-refractivity contribution is 5.93. The fraction of sp³-hybridized carbons (Fsp3) is 0.500. The van der Waals surface area contributed by atoms with Gasteiger partial charge in [0.2, 0.25) is 5.91 Å². The van der Waals surface area contributed by atoms with Crippen LogP contribution in [0, 0.1) is 0 Å². The fourth-order valence-corrected chi connectivity index (χ4v) is 2.57. The lowest BCUT2D eigenvalue weighted by Crippen LogP contribution is -2.33. The topological polar surface area (TPSA) is 61.4 Å². The SMILES string of the molecule is CNC(=O)c1ccc(CN(C)C(=O)CC2CCCN2)cc1.Cl. The Morgan fingerprint density at radius 1 is 1.32 bits per heavy atom. The molecule has 1 aliphatic rings. The van der Waals surface area contributed by atoms with E-state index in [0.717, 1.165) is 24.9 Å². The molecule has 1 saturated heterocycles. The molecule has 1 aromatic carbocycles. The van der Waals surface area contributed by atoms with Gasteiger partial charge in [0.25, 0.3) is 5.91 Å². The predicted octanol–water partition coefficient (Wildman–Crippen LogP) is 1.57. The second-order valence-electron chi connectivity index (χ2n) is 5.52. The summed E-state index contributed by atoms with van der Waals surface area (Å²) in [6.07, 6.45) is 2.80.